The minimum Gasteiger partial charge on any atom is -0.0873 e. The van der Waals surface area contributed by atoms with Crippen LogP contribution in [0.3, 0.4) is 0 Å². The highest BCUT2D eigenvalue weighted by atomic mass is 79.9. The predicted molar refractivity (Wildman–Crippen MR) is 46.9 cm³/mol. The first kappa shape index (κ1) is 6.41. The maximum atomic E-state index is 3.55. The Morgan fingerprint density at radius 2 is 2.30 bits per heavy atom. The summed E-state index contributed by atoms with van der Waals surface area (Å²) in [4.78, 5) is 0. The van der Waals surface area contributed by atoms with E-state index in [2.05, 4.69) is 46.3 Å². The maximum Gasteiger partial charge on any atom is 0.0150 e. The van der Waals surface area contributed by atoms with E-state index in [-0.39, 0.29) is 0 Å². The molecule has 10 heavy (non-hydrogen) atoms. The van der Waals surface area contributed by atoms with Gasteiger partial charge in [0.2, 0.25) is 0 Å². The van der Waals surface area contributed by atoms with E-state index < -0.39 is 0 Å². The second-order valence-electron chi connectivity index (χ2n) is 2.79. The molecular formula is C9H9Br. The second-order valence-corrected chi connectivity index (χ2v) is 3.71. The summed E-state index contributed by atoms with van der Waals surface area (Å²) < 4.78 is 1.33. The van der Waals surface area contributed by atoms with Crippen LogP contribution in [0.4, 0.5) is 0 Å². The van der Waals surface area contributed by atoms with Crippen LogP contribution >= 0.6 is 15.9 Å². The fraction of sp³-hybridized carbons (Fsp3) is 0.333. The quantitative estimate of drug-likeness (QED) is 0.523. The van der Waals surface area contributed by atoms with Gasteiger partial charge >= 0.3 is 0 Å². The van der Waals surface area contributed by atoms with Crippen LogP contribution in [0.2, 0.25) is 0 Å². The molecule has 2 atom stereocenters. The Balaban J connectivity index is 2.30. The predicted octanol–water partition coefficient (Wildman–Crippen LogP) is 3.03. The molecule has 0 aliphatic heterocycles. The Kier molecular flexibility index (Phi) is 1.53. The molecule has 0 N–H and O–H groups in total. The molecule has 0 aromatic carbocycles. The standard InChI is InChI=1S/C9H9Br/c10-9-6-2-4-7-3-1-5-8(7)9/h1-2,4-8H,3H2. The Labute approximate surface area is 69.4 Å². The monoisotopic (exact) mass is 196 g/mol. The van der Waals surface area contributed by atoms with E-state index in [1.807, 2.05) is 0 Å². The van der Waals surface area contributed by atoms with Crippen molar-refractivity contribution in [2.24, 2.45) is 11.8 Å². The molecule has 1 heteroatoms. The molecule has 0 heterocycles. The highest BCUT2D eigenvalue weighted by molar-refractivity contribution is 9.11. The maximum absolute atomic E-state index is 3.55. The van der Waals surface area contributed by atoms with E-state index in [9.17, 15) is 0 Å². The molecule has 0 spiro atoms. The van der Waals surface area contributed by atoms with Gasteiger partial charge in [0.05, 0.1) is 0 Å². The average molecular weight is 197 g/mol. The number of hydrogen-bond donors (Lipinski definition) is 0. The van der Waals surface area contributed by atoms with Gasteiger partial charge in [0.25, 0.3) is 0 Å². The zero-order chi connectivity index (χ0) is 6.97. The second kappa shape index (κ2) is 2.39. The van der Waals surface area contributed by atoms with Gasteiger partial charge < -0.3 is 0 Å². The van der Waals surface area contributed by atoms with Crippen LogP contribution in [-0.4, -0.2) is 0 Å². The zero-order valence-corrected chi connectivity index (χ0v) is 7.21. The van der Waals surface area contributed by atoms with Crippen molar-refractivity contribution in [3.63, 3.8) is 0 Å². The molecule has 0 amide bonds. The fourth-order valence-electron chi connectivity index (χ4n) is 1.57. The zero-order valence-electron chi connectivity index (χ0n) is 5.63. The smallest absolute Gasteiger partial charge is 0.0150 e. The number of halogens is 1. The Hall–Kier alpha value is -0.300. The summed E-state index contributed by atoms with van der Waals surface area (Å²) in [5, 5.41) is 0. The van der Waals surface area contributed by atoms with Crippen molar-refractivity contribution in [2.45, 2.75) is 6.42 Å². The van der Waals surface area contributed by atoms with Crippen molar-refractivity contribution in [1.82, 2.24) is 0 Å². The molecule has 2 aliphatic carbocycles. The summed E-state index contributed by atoms with van der Waals surface area (Å²) in [6, 6.07) is 0. The molecule has 0 saturated heterocycles. The molecule has 2 rings (SSSR count). The normalized spacial score (nSPS) is 35.9. The largest absolute Gasteiger partial charge is 0.0873 e. The number of hydrogen-bond acceptors (Lipinski definition) is 0. The fourth-order valence-corrected chi connectivity index (χ4v) is 2.21. The van der Waals surface area contributed by atoms with Gasteiger partial charge in [-0.1, -0.05) is 46.3 Å². The highest BCUT2D eigenvalue weighted by Crippen LogP contribution is 2.37. The molecule has 0 aromatic heterocycles. The third kappa shape index (κ3) is 0.891. The first-order valence-electron chi connectivity index (χ1n) is 3.58. The lowest BCUT2D eigenvalue weighted by Gasteiger charge is -2.17. The van der Waals surface area contributed by atoms with Crippen molar-refractivity contribution in [3.8, 4) is 0 Å². The molecular weight excluding hydrogens is 188 g/mol. The van der Waals surface area contributed by atoms with Gasteiger partial charge in [0, 0.05) is 10.4 Å². The molecule has 0 bridgehead atoms. The van der Waals surface area contributed by atoms with E-state index in [0.29, 0.717) is 5.92 Å². The van der Waals surface area contributed by atoms with Crippen molar-refractivity contribution in [1.29, 1.82) is 0 Å². The lowest BCUT2D eigenvalue weighted by molar-refractivity contribution is 0.591. The van der Waals surface area contributed by atoms with Crippen LogP contribution in [0.25, 0.3) is 0 Å². The van der Waals surface area contributed by atoms with E-state index in [1.165, 1.54) is 10.9 Å². The molecule has 0 nitrogen and oxygen atoms in total. The van der Waals surface area contributed by atoms with Crippen molar-refractivity contribution in [2.75, 3.05) is 0 Å². The van der Waals surface area contributed by atoms with Gasteiger partial charge in [-0.2, -0.15) is 0 Å². The summed E-state index contributed by atoms with van der Waals surface area (Å²) in [7, 11) is 0. The van der Waals surface area contributed by atoms with E-state index in [1.54, 1.807) is 0 Å². The van der Waals surface area contributed by atoms with Crippen molar-refractivity contribution in [3.05, 3.63) is 34.9 Å². The van der Waals surface area contributed by atoms with Crippen molar-refractivity contribution >= 4 is 15.9 Å². The van der Waals surface area contributed by atoms with Crippen LogP contribution in [0.1, 0.15) is 6.42 Å². The third-order valence-corrected chi connectivity index (χ3v) is 2.94. The van der Waals surface area contributed by atoms with Crippen LogP contribution < -0.4 is 0 Å². The van der Waals surface area contributed by atoms with Crippen LogP contribution in [0, 0.1) is 11.8 Å². The van der Waals surface area contributed by atoms with Gasteiger partial charge in [0.15, 0.2) is 0 Å². The van der Waals surface area contributed by atoms with Crippen LogP contribution in [-0.2, 0) is 0 Å². The van der Waals surface area contributed by atoms with E-state index in [0.717, 1.165) is 5.92 Å². The van der Waals surface area contributed by atoms with Gasteiger partial charge in [-0.25, -0.2) is 0 Å². The summed E-state index contributed by atoms with van der Waals surface area (Å²) in [6.07, 6.45) is 12.3. The Morgan fingerprint density at radius 3 is 3.10 bits per heavy atom. The van der Waals surface area contributed by atoms with Crippen LogP contribution in [0.5, 0.6) is 0 Å². The molecule has 2 aliphatic rings. The number of fused-ring (bicyclic) bond motifs is 1. The van der Waals surface area contributed by atoms with Gasteiger partial charge in [-0.05, 0) is 12.3 Å². The summed E-state index contributed by atoms with van der Waals surface area (Å²) in [6.45, 7) is 0. The average Bonchev–Trinajstić information content (AvgIpc) is 2.36. The van der Waals surface area contributed by atoms with Crippen molar-refractivity contribution < 1.29 is 0 Å². The van der Waals surface area contributed by atoms with E-state index >= 15 is 0 Å². The summed E-state index contributed by atoms with van der Waals surface area (Å²) in [5.74, 6) is 1.38. The molecule has 2 unspecified atom stereocenters. The molecule has 0 saturated carbocycles. The van der Waals surface area contributed by atoms with Gasteiger partial charge in [0.1, 0.15) is 0 Å². The highest BCUT2D eigenvalue weighted by Gasteiger charge is 2.23. The molecule has 0 aromatic rings. The summed E-state index contributed by atoms with van der Waals surface area (Å²) >= 11 is 3.55. The van der Waals surface area contributed by atoms with Gasteiger partial charge in [-0.3, -0.25) is 0 Å². The SMILES string of the molecule is BrC1=CC=CC2CC=CC12. The number of allylic oxidation sites excluding steroid dienone is 6. The summed E-state index contributed by atoms with van der Waals surface area (Å²) in [5.41, 5.74) is 0. The topological polar surface area (TPSA) is 0 Å². The molecule has 52 valence electrons. The Bertz CT molecular complexity index is 223. The lowest BCUT2D eigenvalue weighted by atomic mass is 9.92. The first-order chi connectivity index (χ1) is 4.88. The van der Waals surface area contributed by atoms with Crippen LogP contribution in [0.15, 0.2) is 34.9 Å². The lowest BCUT2D eigenvalue weighted by Crippen LogP contribution is -2.07. The number of rotatable bonds is 0. The molecule has 0 fully saturated rings. The van der Waals surface area contributed by atoms with E-state index in [4.69, 9.17) is 0 Å². The minimum absolute atomic E-state index is 0.644. The Morgan fingerprint density at radius 1 is 1.40 bits per heavy atom. The molecule has 0 radical (unpaired) electrons. The third-order valence-electron chi connectivity index (χ3n) is 2.15. The first-order valence-corrected chi connectivity index (χ1v) is 4.38. The minimum atomic E-state index is 0.644. The van der Waals surface area contributed by atoms with Gasteiger partial charge in [-0.15, -0.1) is 0 Å².